The lowest BCUT2D eigenvalue weighted by Gasteiger charge is -2.39. The van der Waals surface area contributed by atoms with Gasteiger partial charge in [0.25, 0.3) is 5.91 Å². The Hall–Kier alpha value is -3.18. The van der Waals surface area contributed by atoms with Crippen molar-refractivity contribution in [2.24, 2.45) is 0 Å². The molecule has 1 aliphatic heterocycles. The van der Waals surface area contributed by atoms with Gasteiger partial charge in [-0.25, -0.2) is 4.98 Å². The SMILES string of the molecule is CN(C)c1cc(C2CCCN(C(=O)C(O)(c3ccccc3)c3ccccc3)C2)ccn1. The van der Waals surface area contributed by atoms with Gasteiger partial charge in [0.2, 0.25) is 0 Å². The minimum Gasteiger partial charge on any atom is -0.372 e. The Morgan fingerprint density at radius 3 is 2.23 bits per heavy atom. The molecule has 31 heavy (non-hydrogen) atoms. The summed E-state index contributed by atoms with van der Waals surface area (Å²) in [5, 5.41) is 11.8. The Balaban J connectivity index is 1.65. The zero-order valence-electron chi connectivity index (χ0n) is 18.1. The van der Waals surface area contributed by atoms with Crippen LogP contribution in [0.4, 0.5) is 5.82 Å². The van der Waals surface area contributed by atoms with Gasteiger partial charge in [-0.1, -0.05) is 60.7 Å². The number of carbonyl (C=O) groups is 1. The van der Waals surface area contributed by atoms with Gasteiger partial charge >= 0.3 is 0 Å². The summed E-state index contributed by atoms with van der Waals surface area (Å²) in [5.41, 5.74) is 0.649. The Morgan fingerprint density at radius 1 is 1.03 bits per heavy atom. The quantitative estimate of drug-likeness (QED) is 0.689. The normalized spacial score (nSPS) is 16.7. The van der Waals surface area contributed by atoms with Gasteiger partial charge in [0, 0.05) is 39.3 Å². The van der Waals surface area contributed by atoms with Gasteiger partial charge in [-0.15, -0.1) is 0 Å². The van der Waals surface area contributed by atoms with Crippen LogP contribution in [0.15, 0.2) is 79.0 Å². The number of piperidine rings is 1. The number of pyridine rings is 1. The molecule has 0 bridgehead atoms. The van der Waals surface area contributed by atoms with Crippen LogP contribution in [0.3, 0.4) is 0 Å². The Kier molecular flexibility index (Phi) is 6.05. The average Bonchev–Trinajstić information content (AvgIpc) is 2.84. The molecule has 1 aromatic heterocycles. The highest BCUT2D eigenvalue weighted by atomic mass is 16.3. The molecule has 5 nitrogen and oxygen atoms in total. The first-order valence-electron chi connectivity index (χ1n) is 10.8. The molecule has 2 aromatic carbocycles. The van der Waals surface area contributed by atoms with E-state index in [-0.39, 0.29) is 11.8 Å². The maximum atomic E-state index is 13.8. The first-order chi connectivity index (χ1) is 15.0. The lowest BCUT2D eigenvalue weighted by Crippen LogP contribution is -2.50. The number of aliphatic hydroxyl groups is 1. The Labute approximate surface area is 184 Å². The van der Waals surface area contributed by atoms with E-state index in [2.05, 4.69) is 11.1 Å². The third-order valence-corrected chi connectivity index (χ3v) is 6.10. The van der Waals surface area contributed by atoms with E-state index in [0.29, 0.717) is 24.2 Å². The van der Waals surface area contributed by atoms with Crippen molar-refractivity contribution in [2.75, 3.05) is 32.1 Å². The highest BCUT2D eigenvalue weighted by Crippen LogP contribution is 2.35. The van der Waals surface area contributed by atoms with Gasteiger partial charge in [0.05, 0.1) is 0 Å². The second-order valence-electron chi connectivity index (χ2n) is 8.37. The van der Waals surface area contributed by atoms with Gasteiger partial charge < -0.3 is 14.9 Å². The van der Waals surface area contributed by atoms with Crippen molar-refractivity contribution in [1.29, 1.82) is 0 Å². The summed E-state index contributed by atoms with van der Waals surface area (Å²) in [4.78, 5) is 22.0. The molecular formula is C26H29N3O2. The second kappa shape index (κ2) is 8.90. The summed E-state index contributed by atoms with van der Waals surface area (Å²) in [5.74, 6) is 0.859. The van der Waals surface area contributed by atoms with Gasteiger partial charge in [0.15, 0.2) is 5.60 Å². The van der Waals surface area contributed by atoms with Gasteiger partial charge in [-0.05, 0) is 41.7 Å². The van der Waals surface area contributed by atoms with E-state index in [9.17, 15) is 9.90 Å². The molecule has 5 heteroatoms. The predicted octanol–water partition coefficient (Wildman–Crippen LogP) is 3.79. The highest BCUT2D eigenvalue weighted by Gasteiger charge is 2.43. The molecule has 4 rings (SSSR count). The van der Waals surface area contributed by atoms with Gasteiger partial charge in [-0.2, -0.15) is 0 Å². The van der Waals surface area contributed by atoms with Crippen molar-refractivity contribution in [3.8, 4) is 0 Å². The molecule has 1 N–H and O–H groups in total. The number of benzene rings is 2. The summed E-state index contributed by atoms with van der Waals surface area (Å²) in [6.07, 6.45) is 3.74. The number of carbonyl (C=O) groups excluding carboxylic acids is 1. The van der Waals surface area contributed by atoms with Crippen LogP contribution in [0.25, 0.3) is 0 Å². The van der Waals surface area contributed by atoms with Crippen molar-refractivity contribution in [3.63, 3.8) is 0 Å². The molecule has 1 atom stereocenters. The molecule has 1 fully saturated rings. The van der Waals surface area contributed by atoms with Crippen molar-refractivity contribution in [1.82, 2.24) is 9.88 Å². The highest BCUT2D eigenvalue weighted by molar-refractivity contribution is 5.90. The smallest absolute Gasteiger partial charge is 0.263 e. The van der Waals surface area contributed by atoms with E-state index in [4.69, 9.17) is 0 Å². The molecular weight excluding hydrogens is 386 g/mol. The summed E-state index contributed by atoms with van der Waals surface area (Å²) < 4.78 is 0. The first-order valence-corrected chi connectivity index (χ1v) is 10.8. The number of rotatable bonds is 5. The number of amides is 1. The molecule has 1 amide bonds. The number of aromatic nitrogens is 1. The van der Waals surface area contributed by atoms with Crippen LogP contribution in [0, 0.1) is 0 Å². The fraction of sp³-hybridized carbons (Fsp3) is 0.308. The van der Waals surface area contributed by atoms with E-state index in [1.807, 2.05) is 96.8 Å². The minimum atomic E-state index is -1.71. The zero-order chi connectivity index (χ0) is 21.8. The summed E-state index contributed by atoms with van der Waals surface area (Å²) in [6, 6.07) is 22.6. The van der Waals surface area contributed by atoms with E-state index in [1.165, 1.54) is 5.56 Å². The minimum absolute atomic E-state index is 0.218. The maximum absolute atomic E-state index is 13.8. The van der Waals surface area contributed by atoms with Gasteiger partial charge in [0.1, 0.15) is 5.82 Å². The monoisotopic (exact) mass is 415 g/mol. The summed E-state index contributed by atoms with van der Waals surface area (Å²) in [7, 11) is 3.95. The van der Waals surface area contributed by atoms with Crippen LogP contribution in [-0.2, 0) is 10.4 Å². The maximum Gasteiger partial charge on any atom is 0.263 e. The fourth-order valence-corrected chi connectivity index (χ4v) is 4.37. The van der Waals surface area contributed by atoms with Crippen LogP contribution in [0.5, 0.6) is 0 Å². The standard InChI is InChI=1S/C26H29N3O2/c1-28(2)24-18-20(15-16-27-24)21-10-9-17-29(19-21)25(30)26(31,22-11-5-3-6-12-22)23-13-7-4-8-14-23/h3-8,11-16,18,21,31H,9-10,17,19H2,1-2H3. The third kappa shape index (κ3) is 4.19. The molecule has 1 unspecified atom stereocenters. The second-order valence-corrected chi connectivity index (χ2v) is 8.37. The summed E-state index contributed by atoms with van der Waals surface area (Å²) in [6.45, 7) is 1.22. The number of likely N-dealkylation sites (tertiary alicyclic amines) is 1. The van der Waals surface area contributed by atoms with E-state index < -0.39 is 5.60 Å². The van der Waals surface area contributed by atoms with Crippen LogP contribution in [-0.4, -0.2) is 48.1 Å². The van der Waals surface area contributed by atoms with E-state index in [0.717, 1.165) is 18.7 Å². The molecule has 0 radical (unpaired) electrons. The van der Waals surface area contributed by atoms with E-state index in [1.54, 1.807) is 0 Å². The average molecular weight is 416 g/mol. The first kappa shape index (κ1) is 21.1. The van der Waals surface area contributed by atoms with Gasteiger partial charge in [-0.3, -0.25) is 4.79 Å². The van der Waals surface area contributed by atoms with Crippen LogP contribution in [0.1, 0.15) is 35.4 Å². The van der Waals surface area contributed by atoms with Crippen molar-refractivity contribution >= 4 is 11.7 Å². The third-order valence-electron chi connectivity index (χ3n) is 6.10. The Bertz CT molecular complexity index is 982. The Morgan fingerprint density at radius 2 is 1.65 bits per heavy atom. The molecule has 0 spiro atoms. The lowest BCUT2D eigenvalue weighted by atomic mass is 9.83. The number of anilines is 1. The topological polar surface area (TPSA) is 56.7 Å². The van der Waals surface area contributed by atoms with Crippen LogP contribution in [0.2, 0.25) is 0 Å². The number of nitrogens with zero attached hydrogens (tertiary/aromatic N) is 3. The molecule has 1 aliphatic rings. The van der Waals surface area contributed by atoms with Crippen molar-refractivity contribution < 1.29 is 9.90 Å². The molecule has 2 heterocycles. The number of hydrogen-bond acceptors (Lipinski definition) is 4. The number of hydrogen-bond donors (Lipinski definition) is 1. The summed E-state index contributed by atoms with van der Waals surface area (Å²) >= 11 is 0. The largest absolute Gasteiger partial charge is 0.372 e. The fourth-order valence-electron chi connectivity index (χ4n) is 4.37. The predicted molar refractivity (Wildman–Crippen MR) is 123 cm³/mol. The van der Waals surface area contributed by atoms with E-state index >= 15 is 0 Å². The lowest BCUT2D eigenvalue weighted by molar-refractivity contribution is -0.149. The molecule has 0 saturated carbocycles. The molecule has 0 aliphatic carbocycles. The molecule has 160 valence electrons. The van der Waals surface area contributed by atoms with Crippen LogP contribution < -0.4 is 4.90 Å². The zero-order valence-corrected chi connectivity index (χ0v) is 18.1. The van der Waals surface area contributed by atoms with Crippen LogP contribution >= 0.6 is 0 Å². The molecule has 1 saturated heterocycles. The van der Waals surface area contributed by atoms with Crippen molar-refractivity contribution in [3.05, 3.63) is 95.7 Å². The van der Waals surface area contributed by atoms with Crippen molar-refractivity contribution in [2.45, 2.75) is 24.4 Å². The molecule has 3 aromatic rings.